The van der Waals surface area contributed by atoms with Gasteiger partial charge in [0.1, 0.15) is 5.82 Å². The number of hydrogen-bond acceptors (Lipinski definition) is 5. The average molecular weight is 530 g/mol. The monoisotopic (exact) mass is 529 g/mol. The summed E-state index contributed by atoms with van der Waals surface area (Å²) in [6, 6.07) is 9.53. The summed E-state index contributed by atoms with van der Waals surface area (Å²) < 4.78 is 65.8. The summed E-state index contributed by atoms with van der Waals surface area (Å²) in [7, 11) is 0. The van der Waals surface area contributed by atoms with Crippen LogP contribution in [0.1, 0.15) is 66.3 Å². The van der Waals surface area contributed by atoms with Gasteiger partial charge < -0.3 is 14.2 Å². The molecule has 0 bridgehead atoms. The molecule has 2 unspecified atom stereocenters. The first-order valence-electron chi connectivity index (χ1n) is 12.5. The number of ether oxygens (including phenoxy) is 1. The van der Waals surface area contributed by atoms with Crippen LogP contribution in [0.3, 0.4) is 0 Å². The van der Waals surface area contributed by atoms with E-state index in [1.54, 1.807) is 36.9 Å². The molecule has 3 aromatic rings. The van der Waals surface area contributed by atoms with Gasteiger partial charge in [-0.05, 0) is 55.7 Å². The Bertz CT molecular complexity index is 1370. The van der Waals surface area contributed by atoms with Crippen molar-refractivity contribution in [3.63, 3.8) is 0 Å². The topological polar surface area (TPSA) is 68.5 Å². The van der Waals surface area contributed by atoms with Crippen LogP contribution in [0.5, 0.6) is 0 Å². The van der Waals surface area contributed by atoms with Gasteiger partial charge in [0.25, 0.3) is 5.89 Å². The van der Waals surface area contributed by atoms with Crippen LogP contribution in [-0.4, -0.2) is 39.6 Å². The predicted molar refractivity (Wildman–Crippen MR) is 130 cm³/mol. The molecule has 0 aliphatic carbocycles. The van der Waals surface area contributed by atoms with Gasteiger partial charge in [-0.1, -0.05) is 35.8 Å². The first kappa shape index (κ1) is 26.1. The Balaban J connectivity index is 1.46. The molecule has 5 rings (SSSR count). The standard InChI is InChI=1S/C28H27F4N3O3/c1-4-24-33-27(38-34-24)19-12-22-26(17-5-7-21(29)8-6-17)23(14-35(22)25(36)13-19)37-16(3)18-9-15(2)10-20(11-18)28(30,31)32/h5-11,13,16,22-23,26H,4,12,14H2,1-3H3/t16-,22?,23+,26?/m1/s1. The van der Waals surface area contributed by atoms with E-state index in [1.807, 2.05) is 6.92 Å². The fourth-order valence-electron chi connectivity index (χ4n) is 5.37. The Hall–Kier alpha value is -3.53. The lowest BCUT2D eigenvalue weighted by molar-refractivity contribution is -0.137. The molecule has 38 heavy (non-hydrogen) atoms. The van der Waals surface area contributed by atoms with Crippen LogP contribution in [0.25, 0.3) is 5.57 Å². The van der Waals surface area contributed by atoms with Crippen molar-refractivity contribution in [2.75, 3.05) is 6.54 Å². The van der Waals surface area contributed by atoms with Crippen molar-refractivity contribution in [3.8, 4) is 0 Å². The van der Waals surface area contributed by atoms with Gasteiger partial charge in [0, 0.05) is 36.6 Å². The molecule has 6 nitrogen and oxygen atoms in total. The lowest BCUT2D eigenvalue weighted by Gasteiger charge is -2.32. The van der Waals surface area contributed by atoms with Crippen LogP contribution in [-0.2, 0) is 22.1 Å². The number of carbonyl (C=O) groups is 1. The van der Waals surface area contributed by atoms with Crippen molar-refractivity contribution in [2.45, 2.75) is 64.0 Å². The van der Waals surface area contributed by atoms with Crippen LogP contribution in [0.15, 0.2) is 53.1 Å². The molecule has 200 valence electrons. The smallest absolute Gasteiger partial charge is 0.368 e. The first-order valence-corrected chi connectivity index (χ1v) is 12.5. The minimum Gasteiger partial charge on any atom is -0.368 e. The fraction of sp³-hybridized carbons (Fsp3) is 0.393. The number of hydrogen-bond donors (Lipinski definition) is 0. The average Bonchev–Trinajstić information content (AvgIpc) is 3.49. The minimum atomic E-state index is -4.48. The third kappa shape index (κ3) is 5.09. The van der Waals surface area contributed by atoms with Gasteiger partial charge in [0.2, 0.25) is 5.91 Å². The van der Waals surface area contributed by atoms with Gasteiger partial charge in [-0.2, -0.15) is 18.2 Å². The molecule has 3 heterocycles. The van der Waals surface area contributed by atoms with E-state index < -0.39 is 29.8 Å². The van der Waals surface area contributed by atoms with Crippen molar-refractivity contribution in [3.05, 3.63) is 88.3 Å². The second kappa shape index (κ2) is 9.98. The fourth-order valence-corrected chi connectivity index (χ4v) is 5.37. The molecular formula is C28H27F4N3O3. The number of amides is 1. The Morgan fingerprint density at radius 3 is 2.58 bits per heavy atom. The Kier molecular flexibility index (Phi) is 6.85. The minimum absolute atomic E-state index is 0.238. The van der Waals surface area contributed by atoms with Crippen LogP contribution in [0.2, 0.25) is 0 Å². The molecule has 1 amide bonds. The summed E-state index contributed by atoms with van der Waals surface area (Å²) in [6.45, 7) is 5.44. The summed E-state index contributed by atoms with van der Waals surface area (Å²) in [6.07, 6.45) is -3.23. The number of benzene rings is 2. The quantitative estimate of drug-likeness (QED) is 0.365. The summed E-state index contributed by atoms with van der Waals surface area (Å²) >= 11 is 0. The Morgan fingerprint density at radius 2 is 1.92 bits per heavy atom. The second-order valence-electron chi connectivity index (χ2n) is 9.83. The molecule has 10 heteroatoms. The number of rotatable bonds is 6. The largest absolute Gasteiger partial charge is 0.416 e. The molecule has 2 aliphatic heterocycles. The molecule has 1 saturated heterocycles. The number of aryl methyl sites for hydroxylation is 2. The zero-order chi connectivity index (χ0) is 27.2. The van der Waals surface area contributed by atoms with E-state index in [9.17, 15) is 22.4 Å². The molecule has 1 fully saturated rings. The van der Waals surface area contributed by atoms with E-state index in [0.29, 0.717) is 35.4 Å². The molecule has 0 radical (unpaired) electrons. The van der Waals surface area contributed by atoms with Crippen molar-refractivity contribution in [2.24, 2.45) is 0 Å². The van der Waals surface area contributed by atoms with Crippen molar-refractivity contribution < 1.29 is 31.6 Å². The number of carbonyl (C=O) groups excluding carboxylic acids is 1. The van der Waals surface area contributed by atoms with Gasteiger partial charge in [0.05, 0.1) is 17.8 Å². The van der Waals surface area contributed by atoms with E-state index in [1.165, 1.54) is 18.2 Å². The highest BCUT2D eigenvalue weighted by Gasteiger charge is 2.48. The van der Waals surface area contributed by atoms with Gasteiger partial charge in [-0.3, -0.25) is 4.79 Å². The van der Waals surface area contributed by atoms with Crippen LogP contribution >= 0.6 is 0 Å². The zero-order valence-corrected chi connectivity index (χ0v) is 21.1. The zero-order valence-electron chi connectivity index (χ0n) is 21.1. The van der Waals surface area contributed by atoms with Crippen LogP contribution < -0.4 is 0 Å². The molecule has 0 saturated carbocycles. The molecular weight excluding hydrogens is 502 g/mol. The highest BCUT2D eigenvalue weighted by atomic mass is 19.4. The third-order valence-corrected chi connectivity index (χ3v) is 7.19. The number of fused-ring (bicyclic) bond motifs is 1. The Morgan fingerprint density at radius 1 is 1.18 bits per heavy atom. The van der Waals surface area contributed by atoms with Crippen molar-refractivity contribution in [1.29, 1.82) is 0 Å². The van der Waals surface area contributed by atoms with Crippen LogP contribution in [0.4, 0.5) is 17.6 Å². The van der Waals surface area contributed by atoms with Gasteiger partial charge >= 0.3 is 6.18 Å². The SMILES string of the molecule is CCc1noc(C2=CC(=O)N3C[C@H](O[C@H](C)c4cc(C)cc(C(F)(F)F)c4)C(c4ccc(F)cc4)C3C2)n1. The van der Waals surface area contributed by atoms with E-state index in [2.05, 4.69) is 10.1 Å². The van der Waals surface area contributed by atoms with Gasteiger partial charge in [-0.15, -0.1) is 0 Å². The molecule has 2 aromatic carbocycles. The molecule has 0 spiro atoms. The Labute approximate surface area is 217 Å². The van der Waals surface area contributed by atoms with Gasteiger partial charge in [0.15, 0.2) is 5.82 Å². The maximum absolute atomic E-state index is 13.8. The number of aromatic nitrogens is 2. The maximum Gasteiger partial charge on any atom is 0.416 e. The van der Waals surface area contributed by atoms with E-state index in [0.717, 1.165) is 17.7 Å². The predicted octanol–water partition coefficient (Wildman–Crippen LogP) is 6.03. The molecule has 2 aliphatic rings. The van der Waals surface area contributed by atoms with Crippen LogP contribution in [0, 0.1) is 12.7 Å². The normalized spacial score (nSPS) is 22.4. The van der Waals surface area contributed by atoms with Crippen molar-refractivity contribution >= 4 is 11.5 Å². The van der Waals surface area contributed by atoms with Crippen molar-refractivity contribution in [1.82, 2.24) is 15.0 Å². The summed E-state index contributed by atoms with van der Waals surface area (Å²) in [5.41, 5.74) is 1.50. The molecule has 4 atom stereocenters. The lowest BCUT2D eigenvalue weighted by Crippen LogP contribution is -2.39. The first-order chi connectivity index (χ1) is 18.0. The molecule has 1 aromatic heterocycles. The van der Waals surface area contributed by atoms with E-state index in [4.69, 9.17) is 9.26 Å². The highest BCUT2D eigenvalue weighted by Crippen LogP contribution is 2.44. The summed E-state index contributed by atoms with van der Waals surface area (Å²) in [5.74, 6) is -0.180. The lowest BCUT2D eigenvalue weighted by atomic mass is 9.85. The number of halogens is 4. The summed E-state index contributed by atoms with van der Waals surface area (Å²) in [4.78, 5) is 19.2. The van der Waals surface area contributed by atoms with Gasteiger partial charge in [-0.25, -0.2) is 4.39 Å². The number of alkyl halides is 3. The van der Waals surface area contributed by atoms with E-state index >= 15 is 0 Å². The third-order valence-electron chi connectivity index (χ3n) is 7.19. The molecule has 0 N–H and O–H groups in total. The maximum atomic E-state index is 13.8. The second-order valence-corrected chi connectivity index (χ2v) is 9.83. The van der Waals surface area contributed by atoms with E-state index in [-0.39, 0.29) is 30.3 Å². The number of nitrogens with zero attached hydrogens (tertiary/aromatic N) is 3. The summed E-state index contributed by atoms with van der Waals surface area (Å²) in [5, 5.41) is 3.93. The highest BCUT2D eigenvalue weighted by molar-refractivity contribution is 5.97.